The SMILES string of the molecule is CN=C(NCCCCC(C)C)NCCCS(=O)(=O)Cc1ccccc1. The van der Waals surface area contributed by atoms with Crippen molar-refractivity contribution in [2.24, 2.45) is 10.9 Å². The molecule has 0 amide bonds. The Balaban J connectivity index is 2.19. The third-order valence-corrected chi connectivity index (χ3v) is 5.56. The maximum atomic E-state index is 12.1. The highest BCUT2D eigenvalue weighted by Gasteiger charge is 2.11. The molecule has 142 valence electrons. The molecule has 0 atom stereocenters. The number of guanidine groups is 1. The van der Waals surface area contributed by atoms with E-state index in [9.17, 15) is 8.42 Å². The van der Waals surface area contributed by atoms with Gasteiger partial charge in [-0.05, 0) is 24.3 Å². The number of benzene rings is 1. The molecule has 0 radical (unpaired) electrons. The van der Waals surface area contributed by atoms with E-state index in [1.165, 1.54) is 12.8 Å². The van der Waals surface area contributed by atoms with Crippen molar-refractivity contribution < 1.29 is 8.42 Å². The van der Waals surface area contributed by atoms with Gasteiger partial charge in [0.15, 0.2) is 15.8 Å². The van der Waals surface area contributed by atoms with Gasteiger partial charge in [-0.15, -0.1) is 0 Å². The van der Waals surface area contributed by atoms with Crippen LogP contribution in [0.1, 0.15) is 45.1 Å². The Labute approximate surface area is 153 Å². The summed E-state index contributed by atoms with van der Waals surface area (Å²) in [5.41, 5.74) is 0.842. The number of sulfone groups is 1. The largest absolute Gasteiger partial charge is 0.356 e. The molecule has 5 nitrogen and oxygen atoms in total. The van der Waals surface area contributed by atoms with Crippen molar-refractivity contribution in [1.29, 1.82) is 0 Å². The minimum Gasteiger partial charge on any atom is -0.356 e. The molecule has 0 saturated heterocycles. The third kappa shape index (κ3) is 10.8. The van der Waals surface area contributed by atoms with Gasteiger partial charge in [0.05, 0.1) is 11.5 Å². The van der Waals surface area contributed by atoms with Crippen molar-refractivity contribution >= 4 is 15.8 Å². The van der Waals surface area contributed by atoms with Crippen LogP contribution in [0.2, 0.25) is 0 Å². The lowest BCUT2D eigenvalue weighted by Crippen LogP contribution is -2.38. The summed E-state index contributed by atoms with van der Waals surface area (Å²) in [4.78, 5) is 4.17. The zero-order valence-electron chi connectivity index (χ0n) is 15.8. The van der Waals surface area contributed by atoms with Crippen molar-refractivity contribution in [1.82, 2.24) is 10.6 Å². The maximum absolute atomic E-state index is 12.1. The molecular formula is C19H33N3O2S. The molecule has 0 saturated carbocycles. The standard InChI is InChI=1S/C19H33N3O2S/c1-17(2)10-7-8-13-21-19(20-3)22-14-9-15-25(23,24)16-18-11-5-4-6-12-18/h4-6,11-12,17H,7-10,13-16H2,1-3H3,(H2,20,21,22). The van der Waals surface area contributed by atoms with Gasteiger partial charge in [0.2, 0.25) is 0 Å². The average molecular weight is 368 g/mol. The maximum Gasteiger partial charge on any atom is 0.190 e. The van der Waals surface area contributed by atoms with Crippen molar-refractivity contribution in [3.63, 3.8) is 0 Å². The first kappa shape index (κ1) is 21.5. The van der Waals surface area contributed by atoms with Gasteiger partial charge >= 0.3 is 0 Å². The molecule has 0 aliphatic heterocycles. The molecule has 0 aromatic heterocycles. The van der Waals surface area contributed by atoms with Crippen LogP contribution in [0.3, 0.4) is 0 Å². The zero-order chi connectivity index (χ0) is 18.5. The van der Waals surface area contributed by atoms with E-state index in [0.717, 1.165) is 30.4 Å². The molecule has 0 heterocycles. The fourth-order valence-electron chi connectivity index (χ4n) is 2.50. The van der Waals surface area contributed by atoms with Gasteiger partial charge in [0.25, 0.3) is 0 Å². The topological polar surface area (TPSA) is 70.6 Å². The molecule has 0 unspecified atom stereocenters. The van der Waals surface area contributed by atoms with Crippen LogP contribution in [-0.4, -0.2) is 40.3 Å². The van der Waals surface area contributed by atoms with E-state index in [0.29, 0.717) is 13.0 Å². The predicted octanol–water partition coefficient (Wildman–Crippen LogP) is 2.98. The molecule has 2 N–H and O–H groups in total. The first-order valence-corrected chi connectivity index (χ1v) is 10.9. The Morgan fingerprint density at radius 2 is 1.68 bits per heavy atom. The van der Waals surface area contributed by atoms with Crippen molar-refractivity contribution in [3.05, 3.63) is 35.9 Å². The molecule has 0 aliphatic carbocycles. The minimum absolute atomic E-state index is 0.108. The molecule has 1 aromatic rings. The van der Waals surface area contributed by atoms with Crippen LogP contribution in [0.25, 0.3) is 0 Å². The second kappa shape index (κ2) is 11.9. The van der Waals surface area contributed by atoms with Gasteiger partial charge in [-0.1, -0.05) is 57.0 Å². The molecule has 0 fully saturated rings. The summed E-state index contributed by atoms with van der Waals surface area (Å²) in [5.74, 6) is 1.78. The Kier molecular flexibility index (Phi) is 10.2. The number of aliphatic imine (C=N–C) groups is 1. The predicted molar refractivity (Wildman–Crippen MR) is 107 cm³/mol. The lowest BCUT2D eigenvalue weighted by molar-refractivity contribution is 0.534. The van der Waals surface area contributed by atoms with E-state index in [1.807, 2.05) is 30.3 Å². The molecule has 0 bridgehead atoms. The normalized spacial score (nSPS) is 12.4. The monoisotopic (exact) mass is 367 g/mol. The summed E-state index contributed by atoms with van der Waals surface area (Å²) in [7, 11) is -1.34. The van der Waals surface area contributed by atoms with E-state index < -0.39 is 9.84 Å². The number of nitrogens with one attached hydrogen (secondary N) is 2. The Bertz CT molecular complexity index is 598. The Morgan fingerprint density at radius 1 is 1.04 bits per heavy atom. The van der Waals surface area contributed by atoms with Gasteiger partial charge in [0.1, 0.15) is 0 Å². The van der Waals surface area contributed by atoms with E-state index in [4.69, 9.17) is 0 Å². The van der Waals surface area contributed by atoms with Crippen molar-refractivity contribution in [2.45, 2.75) is 45.3 Å². The number of nitrogens with zero attached hydrogens (tertiary/aromatic N) is 1. The fraction of sp³-hybridized carbons (Fsp3) is 0.632. The quantitative estimate of drug-likeness (QED) is 0.358. The van der Waals surface area contributed by atoms with Crippen LogP contribution >= 0.6 is 0 Å². The Hall–Kier alpha value is -1.56. The molecule has 1 rings (SSSR count). The van der Waals surface area contributed by atoms with Gasteiger partial charge in [-0.3, -0.25) is 4.99 Å². The highest BCUT2D eigenvalue weighted by Crippen LogP contribution is 2.07. The van der Waals surface area contributed by atoms with Gasteiger partial charge < -0.3 is 10.6 Å². The minimum atomic E-state index is -3.07. The van der Waals surface area contributed by atoms with Crippen LogP contribution in [0.5, 0.6) is 0 Å². The van der Waals surface area contributed by atoms with E-state index >= 15 is 0 Å². The summed E-state index contributed by atoms with van der Waals surface area (Å²) in [6.45, 7) is 5.96. The van der Waals surface area contributed by atoms with Crippen LogP contribution < -0.4 is 10.6 Å². The molecule has 0 aliphatic rings. The summed E-state index contributed by atoms with van der Waals surface area (Å²) in [5, 5.41) is 6.45. The second-order valence-corrected chi connectivity index (χ2v) is 8.93. The number of hydrogen-bond acceptors (Lipinski definition) is 3. The van der Waals surface area contributed by atoms with Crippen molar-refractivity contribution in [3.8, 4) is 0 Å². The number of rotatable bonds is 11. The smallest absolute Gasteiger partial charge is 0.190 e. The average Bonchev–Trinajstić information content (AvgIpc) is 2.56. The summed E-state index contributed by atoms with van der Waals surface area (Å²) in [6, 6.07) is 9.32. The van der Waals surface area contributed by atoms with Crippen LogP contribution in [0.15, 0.2) is 35.3 Å². The first-order chi connectivity index (χ1) is 11.9. The zero-order valence-corrected chi connectivity index (χ0v) is 16.6. The number of hydrogen-bond donors (Lipinski definition) is 2. The highest BCUT2D eigenvalue weighted by molar-refractivity contribution is 7.90. The first-order valence-electron chi connectivity index (χ1n) is 9.12. The lowest BCUT2D eigenvalue weighted by Gasteiger charge is -2.12. The fourth-order valence-corrected chi connectivity index (χ4v) is 3.93. The van der Waals surface area contributed by atoms with Crippen LogP contribution in [0, 0.1) is 5.92 Å². The van der Waals surface area contributed by atoms with Crippen LogP contribution in [-0.2, 0) is 15.6 Å². The Morgan fingerprint density at radius 3 is 2.28 bits per heavy atom. The van der Waals surface area contributed by atoms with E-state index in [-0.39, 0.29) is 11.5 Å². The second-order valence-electron chi connectivity index (χ2n) is 6.75. The van der Waals surface area contributed by atoms with Crippen LogP contribution in [0.4, 0.5) is 0 Å². The van der Waals surface area contributed by atoms with E-state index in [2.05, 4.69) is 29.5 Å². The summed E-state index contributed by atoms with van der Waals surface area (Å²) < 4.78 is 24.3. The lowest BCUT2D eigenvalue weighted by atomic mass is 10.1. The highest BCUT2D eigenvalue weighted by atomic mass is 32.2. The van der Waals surface area contributed by atoms with Gasteiger partial charge in [-0.2, -0.15) is 0 Å². The van der Waals surface area contributed by atoms with Gasteiger partial charge in [0, 0.05) is 20.1 Å². The van der Waals surface area contributed by atoms with Gasteiger partial charge in [-0.25, -0.2) is 8.42 Å². The molecule has 6 heteroatoms. The molecule has 25 heavy (non-hydrogen) atoms. The molecule has 1 aromatic carbocycles. The summed E-state index contributed by atoms with van der Waals surface area (Å²) in [6.07, 6.45) is 4.14. The van der Waals surface area contributed by atoms with E-state index in [1.54, 1.807) is 7.05 Å². The summed E-state index contributed by atoms with van der Waals surface area (Å²) >= 11 is 0. The third-order valence-electron chi connectivity index (χ3n) is 3.88. The van der Waals surface area contributed by atoms with Crippen molar-refractivity contribution in [2.75, 3.05) is 25.9 Å². The molecular weight excluding hydrogens is 334 g/mol. The number of unbranched alkanes of at least 4 members (excludes halogenated alkanes) is 1. The molecule has 0 spiro atoms.